The van der Waals surface area contributed by atoms with Crippen molar-refractivity contribution in [2.24, 2.45) is 0 Å². The van der Waals surface area contributed by atoms with Crippen LogP contribution in [0.1, 0.15) is 16.1 Å². The summed E-state index contributed by atoms with van der Waals surface area (Å²) in [5.41, 5.74) is 2.11. The molecule has 0 bridgehead atoms. The van der Waals surface area contributed by atoms with Gasteiger partial charge in [0.2, 0.25) is 0 Å². The Morgan fingerprint density at radius 1 is 1.30 bits per heavy atom. The predicted molar refractivity (Wildman–Crippen MR) is 89.0 cm³/mol. The normalized spacial score (nSPS) is 11.2. The molecule has 0 atom stereocenters. The summed E-state index contributed by atoms with van der Waals surface area (Å²) in [4.78, 5) is 26.2. The molecule has 0 spiro atoms. The third-order valence-electron chi connectivity index (χ3n) is 3.30. The van der Waals surface area contributed by atoms with Gasteiger partial charge in [-0.1, -0.05) is 0 Å². The molecule has 0 fully saturated rings. The van der Waals surface area contributed by atoms with Gasteiger partial charge in [0.1, 0.15) is 11.4 Å². The number of rotatable bonds is 5. The molecule has 12 heteroatoms. The fraction of sp³-hybridized carbons (Fsp3) is 0.0667. The summed E-state index contributed by atoms with van der Waals surface area (Å²) in [6.07, 6.45) is -3.28. The number of aromatic nitrogens is 1. The van der Waals surface area contributed by atoms with Gasteiger partial charge in [-0.05, 0) is 24.3 Å². The lowest BCUT2D eigenvalue weighted by atomic mass is 10.1. The molecule has 3 aromatic rings. The van der Waals surface area contributed by atoms with Crippen LogP contribution < -0.4 is 10.9 Å². The molecule has 0 saturated carbocycles. The number of benzene rings is 1. The molecule has 2 heterocycles. The molecular formula is C15H9F3N4O4S. The highest BCUT2D eigenvalue weighted by Crippen LogP contribution is 2.34. The molecule has 0 aliphatic carbocycles. The van der Waals surface area contributed by atoms with Gasteiger partial charge in [-0.25, -0.2) is 4.98 Å². The van der Waals surface area contributed by atoms with Gasteiger partial charge in [0.15, 0.2) is 10.8 Å². The number of carbonyl (C=O) groups excluding carboxylic acids is 1. The van der Waals surface area contributed by atoms with Crippen molar-refractivity contribution < 1.29 is 27.3 Å². The van der Waals surface area contributed by atoms with Crippen molar-refractivity contribution in [2.45, 2.75) is 6.18 Å². The summed E-state index contributed by atoms with van der Waals surface area (Å²) in [6.45, 7) is 0. The lowest BCUT2D eigenvalue weighted by Crippen LogP contribution is -2.30. The van der Waals surface area contributed by atoms with Gasteiger partial charge in [-0.2, -0.15) is 13.2 Å². The summed E-state index contributed by atoms with van der Waals surface area (Å²) in [5.74, 6) is -0.261. The van der Waals surface area contributed by atoms with Gasteiger partial charge in [0.05, 0.1) is 16.7 Å². The summed E-state index contributed by atoms with van der Waals surface area (Å²) < 4.78 is 43.2. The van der Waals surface area contributed by atoms with Crippen LogP contribution in [0.4, 0.5) is 24.5 Å². The van der Waals surface area contributed by atoms with E-state index < -0.39 is 28.3 Å². The van der Waals surface area contributed by atoms with Crippen LogP contribution in [0.2, 0.25) is 0 Å². The monoisotopic (exact) mass is 398 g/mol. The maximum atomic E-state index is 12.7. The minimum Gasteiger partial charge on any atom is -0.462 e. The zero-order chi connectivity index (χ0) is 19.6. The summed E-state index contributed by atoms with van der Waals surface area (Å²) in [7, 11) is 0. The number of alkyl halides is 3. The molecule has 0 unspecified atom stereocenters. The number of nitrogens with zero attached hydrogens (tertiary/aromatic N) is 2. The van der Waals surface area contributed by atoms with E-state index in [1.54, 1.807) is 12.1 Å². The third kappa shape index (κ3) is 4.06. The van der Waals surface area contributed by atoms with Crippen molar-refractivity contribution >= 4 is 28.6 Å². The third-order valence-corrected chi connectivity index (χ3v) is 4.16. The fourth-order valence-electron chi connectivity index (χ4n) is 2.04. The van der Waals surface area contributed by atoms with Crippen LogP contribution in [0.15, 0.2) is 46.4 Å². The van der Waals surface area contributed by atoms with Gasteiger partial charge >= 0.3 is 6.18 Å². The van der Waals surface area contributed by atoms with E-state index >= 15 is 0 Å². The number of hydrazine groups is 1. The summed E-state index contributed by atoms with van der Waals surface area (Å²) in [6, 6.07) is 5.22. The van der Waals surface area contributed by atoms with E-state index in [4.69, 9.17) is 4.42 Å². The molecule has 0 aliphatic rings. The number of thiazole rings is 1. The second-order valence-electron chi connectivity index (χ2n) is 5.08. The quantitative estimate of drug-likeness (QED) is 0.495. The Labute approximate surface area is 152 Å². The SMILES string of the molecule is O=C(NNc1ccc(C(F)(F)F)cc1[N+](=O)[O-])c1csc(-c2ccco2)n1. The van der Waals surface area contributed by atoms with Crippen LogP contribution in [-0.2, 0) is 6.18 Å². The average molecular weight is 398 g/mol. The molecule has 1 amide bonds. The minimum absolute atomic E-state index is 0.00784. The van der Waals surface area contributed by atoms with Gasteiger partial charge < -0.3 is 4.42 Å². The van der Waals surface area contributed by atoms with Crippen LogP contribution in [0.5, 0.6) is 0 Å². The minimum atomic E-state index is -4.73. The molecule has 140 valence electrons. The second-order valence-corrected chi connectivity index (χ2v) is 5.94. The number of hydrogen-bond donors (Lipinski definition) is 2. The van der Waals surface area contributed by atoms with Crippen LogP contribution in [0, 0.1) is 10.1 Å². The molecule has 0 aliphatic heterocycles. The lowest BCUT2D eigenvalue weighted by molar-refractivity contribution is -0.384. The van der Waals surface area contributed by atoms with E-state index in [0.717, 1.165) is 17.4 Å². The standard InChI is InChI=1S/C15H9F3N4O4S/c16-15(17,18)8-3-4-9(11(6-8)22(24)25)20-21-13(23)10-7-27-14(19-10)12-2-1-5-26-12/h1-7,20H,(H,21,23). The molecule has 0 saturated heterocycles. The Hall–Kier alpha value is -3.41. The molecule has 8 nitrogen and oxygen atoms in total. The first-order valence-electron chi connectivity index (χ1n) is 7.17. The van der Waals surface area contributed by atoms with E-state index in [9.17, 15) is 28.1 Å². The Morgan fingerprint density at radius 2 is 2.07 bits per heavy atom. The van der Waals surface area contributed by atoms with Crippen LogP contribution in [0.3, 0.4) is 0 Å². The first-order valence-corrected chi connectivity index (χ1v) is 8.05. The first kappa shape index (κ1) is 18.4. The number of hydrogen-bond acceptors (Lipinski definition) is 7. The molecule has 3 rings (SSSR count). The number of nitro groups is 1. The number of nitro benzene ring substituents is 1. The fourth-order valence-corrected chi connectivity index (χ4v) is 2.81. The second kappa shape index (κ2) is 7.07. The predicted octanol–water partition coefficient (Wildman–Crippen LogP) is 4.09. The summed E-state index contributed by atoms with van der Waals surface area (Å²) in [5, 5.41) is 12.9. The number of halogens is 3. The van der Waals surface area contributed by atoms with Crippen molar-refractivity contribution in [2.75, 3.05) is 5.43 Å². The maximum absolute atomic E-state index is 12.7. The maximum Gasteiger partial charge on any atom is 0.416 e. The number of furan rings is 1. The zero-order valence-electron chi connectivity index (χ0n) is 13.1. The molecule has 0 radical (unpaired) electrons. The van der Waals surface area contributed by atoms with E-state index in [-0.39, 0.29) is 11.4 Å². The van der Waals surface area contributed by atoms with E-state index in [2.05, 4.69) is 15.8 Å². The Balaban J connectivity index is 1.74. The van der Waals surface area contributed by atoms with Crippen molar-refractivity contribution in [1.82, 2.24) is 10.4 Å². The Bertz CT molecular complexity index is 985. The molecule has 1 aromatic carbocycles. The Morgan fingerprint density at radius 3 is 2.70 bits per heavy atom. The van der Waals surface area contributed by atoms with Crippen LogP contribution >= 0.6 is 11.3 Å². The number of carbonyl (C=O) groups is 1. The molecule has 2 aromatic heterocycles. The van der Waals surface area contributed by atoms with Crippen molar-refractivity contribution in [1.29, 1.82) is 0 Å². The molecular weight excluding hydrogens is 389 g/mol. The summed E-state index contributed by atoms with van der Waals surface area (Å²) >= 11 is 1.14. The number of nitrogens with one attached hydrogen (secondary N) is 2. The van der Waals surface area contributed by atoms with Crippen LogP contribution in [0.25, 0.3) is 10.8 Å². The highest BCUT2D eigenvalue weighted by atomic mass is 32.1. The van der Waals surface area contributed by atoms with E-state index in [1.807, 2.05) is 0 Å². The van der Waals surface area contributed by atoms with Gasteiger partial charge in [-0.15, -0.1) is 11.3 Å². The smallest absolute Gasteiger partial charge is 0.416 e. The van der Waals surface area contributed by atoms with Crippen molar-refractivity contribution in [3.8, 4) is 10.8 Å². The average Bonchev–Trinajstić information content (AvgIpc) is 3.29. The number of anilines is 1. The molecule has 27 heavy (non-hydrogen) atoms. The first-order chi connectivity index (χ1) is 12.8. The highest BCUT2D eigenvalue weighted by Gasteiger charge is 2.33. The van der Waals surface area contributed by atoms with Gasteiger partial charge in [0, 0.05) is 11.4 Å². The van der Waals surface area contributed by atoms with Crippen molar-refractivity contribution in [3.63, 3.8) is 0 Å². The van der Waals surface area contributed by atoms with E-state index in [1.165, 1.54) is 11.6 Å². The van der Waals surface area contributed by atoms with E-state index in [0.29, 0.717) is 22.9 Å². The molecule has 2 N–H and O–H groups in total. The Kier molecular flexibility index (Phi) is 4.81. The van der Waals surface area contributed by atoms with Gasteiger partial charge in [0.25, 0.3) is 11.6 Å². The largest absolute Gasteiger partial charge is 0.462 e. The van der Waals surface area contributed by atoms with Crippen LogP contribution in [-0.4, -0.2) is 15.8 Å². The van der Waals surface area contributed by atoms with Gasteiger partial charge in [-0.3, -0.25) is 25.8 Å². The number of amides is 1. The topological polar surface area (TPSA) is 110 Å². The van der Waals surface area contributed by atoms with Crippen molar-refractivity contribution in [3.05, 3.63) is 63.3 Å². The lowest BCUT2D eigenvalue weighted by Gasteiger charge is -2.10. The zero-order valence-corrected chi connectivity index (χ0v) is 13.9. The highest BCUT2D eigenvalue weighted by molar-refractivity contribution is 7.13.